The normalized spacial score (nSPS) is 15.3. The van der Waals surface area contributed by atoms with Gasteiger partial charge in [0.1, 0.15) is 5.75 Å². The molecule has 0 radical (unpaired) electrons. The fraction of sp³-hybridized carbons (Fsp3) is 0.455. The van der Waals surface area contributed by atoms with Crippen LogP contribution in [0.15, 0.2) is 22.7 Å². The lowest BCUT2D eigenvalue weighted by Gasteiger charge is -2.08. The van der Waals surface area contributed by atoms with Crippen molar-refractivity contribution in [2.75, 3.05) is 6.61 Å². The van der Waals surface area contributed by atoms with E-state index in [1.165, 1.54) is 12.8 Å². The van der Waals surface area contributed by atoms with Crippen molar-refractivity contribution in [3.05, 3.63) is 28.2 Å². The van der Waals surface area contributed by atoms with Crippen LogP contribution >= 0.6 is 15.9 Å². The van der Waals surface area contributed by atoms with Gasteiger partial charge in [0, 0.05) is 4.47 Å². The van der Waals surface area contributed by atoms with Crippen LogP contribution in [0, 0.1) is 5.92 Å². The van der Waals surface area contributed by atoms with E-state index in [4.69, 9.17) is 10.6 Å². The van der Waals surface area contributed by atoms with E-state index >= 15 is 0 Å². The van der Waals surface area contributed by atoms with Crippen molar-refractivity contribution in [3.8, 4) is 5.75 Å². The van der Waals surface area contributed by atoms with Gasteiger partial charge >= 0.3 is 0 Å². The number of halogens is 1. The smallest absolute Gasteiger partial charge is 0.120 e. The zero-order valence-corrected chi connectivity index (χ0v) is 10.00. The van der Waals surface area contributed by atoms with Crippen molar-refractivity contribution >= 4 is 15.9 Å². The van der Waals surface area contributed by atoms with E-state index in [0.717, 1.165) is 28.3 Å². The Morgan fingerprint density at radius 2 is 2.13 bits per heavy atom. The largest absolute Gasteiger partial charge is 0.493 e. The minimum absolute atomic E-state index is 0.402. The number of benzene rings is 1. The summed E-state index contributed by atoms with van der Waals surface area (Å²) in [4.78, 5) is 4.60. The molecule has 15 heavy (non-hydrogen) atoms. The SMILES string of the molecule is NOCc1cc(Br)cc(OCC2CC2)c1. The summed E-state index contributed by atoms with van der Waals surface area (Å²) in [6.07, 6.45) is 2.60. The van der Waals surface area contributed by atoms with Gasteiger partial charge < -0.3 is 4.74 Å². The van der Waals surface area contributed by atoms with E-state index in [1.807, 2.05) is 18.2 Å². The second-order valence-electron chi connectivity index (χ2n) is 3.86. The summed E-state index contributed by atoms with van der Waals surface area (Å²) in [7, 11) is 0. The molecule has 1 aliphatic rings. The topological polar surface area (TPSA) is 44.5 Å². The van der Waals surface area contributed by atoms with E-state index in [1.54, 1.807) is 0 Å². The first-order valence-corrected chi connectivity index (χ1v) is 5.81. The summed E-state index contributed by atoms with van der Waals surface area (Å²) in [6, 6.07) is 5.89. The summed E-state index contributed by atoms with van der Waals surface area (Å²) in [5.74, 6) is 6.68. The molecule has 2 N–H and O–H groups in total. The van der Waals surface area contributed by atoms with Crippen LogP contribution in [0.5, 0.6) is 5.75 Å². The second-order valence-corrected chi connectivity index (χ2v) is 4.78. The average molecular weight is 272 g/mol. The Kier molecular flexibility index (Phi) is 3.61. The number of hydrogen-bond donors (Lipinski definition) is 1. The van der Waals surface area contributed by atoms with Gasteiger partial charge in [0.15, 0.2) is 0 Å². The van der Waals surface area contributed by atoms with Crippen molar-refractivity contribution in [1.82, 2.24) is 0 Å². The fourth-order valence-electron chi connectivity index (χ4n) is 1.38. The predicted octanol–water partition coefficient (Wildman–Crippen LogP) is 2.63. The van der Waals surface area contributed by atoms with Gasteiger partial charge in [0.05, 0.1) is 13.2 Å². The van der Waals surface area contributed by atoms with Crippen molar-refractivity contribution in [3.63, 3.8) is 0 Å². The Bertz CT molecular complexity index is 339. The molecule has 1 fully saturated rings. The maximum Gasteiger partial charge on any atom is 0.120 e. The molecule has 0 unspecified atom stereocenters. The van der Waals surface area contributed by atoms with E-state index in [2.05, 4.69) is 20.8 Å². The minimum Gasteiger partial charge on any atom is -0.493 e. The van der Waals surface area contributed by atoms with Gasteiger partial charge in [0.25, 0.3) is 0 Å². The molecule has 0 spiro atoms. The lowest BCUT2D eigenvalue weighted by molar-refractivity contribution is 0.124. The third kappa shape index (κ3) is 3.48. The first-order valence-electron chi connectivity index (χ1n) is 5.02. The summed E-state index contributed by atoms with van der Waals surface area (Å²) >= 11 is 3.43. The Hall–Kier alpha value is -0.580. The van der Waals surface area contributed by atoms with Gasteiger partial charge in [-0.1, -0.05) is 15.9 Å². The molecule has 1 saturated carbocycles. The maximum atomic E-state index is 5.67. The predicted molar refractivity (Wildman–Crippen MR) is 61.3 cm³/mol. The van der Waals surface area contributed by atoms with Gasteiger partial charge in [-0.25, -0.2) is 5.90 Å². The van der Waals surface area contributed by atoms with Crippen LogP contribution < -0.4 is 10.6 Å². The molecule has 0 aromatic heterocycles. The molecule has 3 nitrogen and oxygen atoms in total. The average Bonchev–Trinajstić information content (AvgIpc) is 2.98. The molecule has 1 aliphatic carbocycles. The number of ether oxygens (including phenoxy) is 1. The van der Waals surface area contributed by atoms with E-state index in [-0.39, 0.29) is 0 Å². The van der Waals surface area contributed by atoms with Crippen LogP contribution in [-0.4, -0.2) is 6.61 Å². The van der Waals surface area contributed by atoms with Gasteiger partial charge in [-0.05, 0) is 42.5 Å². The van der Waals surface area contributed by atoms with Crippen LogP contribution in [0.2, 0.25) is 0 Å². The molecular formula is C11H14BrNO2. The summed E-state index contributed by atoms with van der Waals surface area (Å²) in [5.41, 5.74) is 1.01. The van der Waals surface area contributed by atoms with Crippen LogP contribution in [-0.2, 0) is 11.4 Å². The molecule has 2 rings (SSSR count). The minimum atomic E-state index is 0.402. The molecule has 1 aromatic rings. The molecule has 0 amide bonds. The monoisotopic (exact) mass is 271 g/mol. The van der Waals surface area contributed by atoms with Crippen molar-refractivity contribution in [2.24, 2.45) is 11.8 Å². The number of hydrogen-bond acceptors (Lipinski definition) is 3. The van der Waals surface area contributed by atoms with Crippen molar-refractivity contribution < 1.29 is 9.57 Å². The molecule has 0 aliphatic heterocycles. The van der Waals surface area contributed by atoms with Crippen LogP contribution in [0.25, 0.3) is 0 Å². The van der Waals surface area contributed by atoms with E-state index in [0.29, 0.717) is 6.61 Å². The quantitative estimate of drug-likeness (QED) is 0.838. The zero-order chi connectivity index (χ0) is 10.7. The third-order valence-electron chi connectivity index (χ3n) is 2.36. The van der Waals surface area contributed by atoms with Gasteiger partial charge in [-0.3, -0.25) is 4.84 Å². The Balaban J connectivity index is 2.00. The molecule has 82 valence electrons. The Labute approximate surface area is 97.6 Å². The first-order chi connectivity index (χ1) is 7.28. The molecule has 0 atom stereocenters. The third-order valence-corrected chi connectivity index (χ3v) is 2.82. The number of nitrogens with two attached hydrogens (primary N) is 1. The highest BCUT2D eigenvalue weighted by Gasteiger charge is 2.21. The fourth-order valence-corrected chi connectivity index (χ4v) is 1.90. The summed E-state index contributed by atoms with van der Waals surface area (Å²) < 4.78 is 6.66. The second kappa shape index (κ2) is 4.96. The summed E-state index contributed by atoms with van der Waals surface area (Å²) in [5, 5.41) is 0. The van der Waals surface area contributed by atoms with Crippen LogP contribution in [0.4, 0.5) is 0 Å². The molecule has 0 heterocycles. The van der Waals surface area contributed by atoms with E-state index < -0.39 is 0 Å². The van der Waals surface area contributed by atoms with Crippen molar-refractivity contribution in [1.29, 1.82) is 0 Å². The van der Waals surface area contributed by atoms with Crippen LogP contribution in [0.3, 0.4) is 0 Å². The molecular weight excluding hydrogens is 258 g/mol. The zero-order valence-electron chi connectivity index (χ0n) is 8.41. The lowest BCUT2D eigenvalue weighted by Crippen LogP contribution is -2.02. The Morgan fingerprint density at radius 1 is 1.33 bits per heavy atom. The standard InChI is InChI=1S/C11H14BrNO2/c12-10-3-9(7-15-13)4-11(5-10)14-6-8-1-2-8/h3-5,8H,1-2,6-7,13H2. The van der Waals surface area contributed by atoms with Gasteiger partial charge in [-0.2, -0.15) is 0 Å². The number of rotatable bonds is 5. The summed E-state index contributed by atoms with van der Waals surface area (Å²) in [6.45, 7) is 1.22. The molecule has 1 aromatic carbocycles. The van der Waals surface area contributed by atoms with E-state index in [9.17, 15) is 0 Å². The van der Waals surface area contributed by atoms with Crippen molar-refractivity contribution in [2.45, 2.75) is 19.4 Å². The molecule has 0 bridgehead atoms. The van der Waals surface area contributed by atoms with Crippen LogP contribution in [0.1, 0.15) is 18.4 Å². The van der Waals surface area contributed by atoms with Gasteiger partial charge in [-0.15, -0.1) is 0 Å². The maximum absolute atomic E-state index is 5.67. The highest BCUT2D eigenvalue weighted by Crippen LogP contribution is 2.30. The molecule has 0 saturated heterocycles. The molecule has 4 heteroatoms. The first kappa shape index (κ1) is 10.9. The highest BCUT2D eigenvalue weighted by molar-refractivity contribution is 9.10. The van der Waals surface area contributed by atoms with Gasteiger partial charge in [0.2, 0.25) is 0 Å². The lowest BCUT2D eigenvalue weighted by atomic mass is 10.2. The highest BCUT2D eigenvalue weighted by atomic mass is 79.9. The Morgan fingerprint density at radius 3 is 2.80 bits per heavy atom.